The fourth-order valence-corrected chi connectivity index (χ4v) is 1.66. The van der Waals surface area contributed by atoms with Crippen molar-refractivity contribution in [3.8, 4) is 0 Å². The van der Waals surface area contributed by atoms with Crippen molar-refractivity contribution in [2.45, 2.75) is 19.8 Å². The SMILES string of the molecule is CCOC(=O)c1ccc(CCC(=O)OC)cc1C(=O)O. The number of carbonyl (C=O) groups is 3. The van der Waals surface area contributed by atoms with Crippen LogP contribution in [0, 0.1) is 0 Å². The maximum absolute atomic E-state index is 11.6. The van der Waals surface area contributed by atoms with E-state index in [0.29, 0.717) is 12.0 Å². The Labute approximate surface area is 116 Å². The summed E-state index contributed by atoms with van der Waals surface area (Å²) in [5.74, 6) is -2.27. The first-order valence-corrected chi connectivity index (χ1v) is 6.09. The second-order valence-corrected chi connectivity index (χ2v) is 3.98. The van der Waals surface area contributed by atoms with E-state index in [2.05, 4.69) is 4.74 Å². The third-order valence-electron chi connectivity index (χ3n) is 2.66. The topological polar surface area (TPSA) is 89.9 Å². The number of aryl methyl sites for hydroxylation is 1. The van der Waals surface area contributed by atoms with E-state index in [0.717, 1.165) is 0 Å². The lowest BCUT2D eigenvalue weighted by Gasteiger charge is -2.08. The highest BCUT2D eigenvalue weighted by Crippen LogP contribution is 2.15. The Bertz CT molecular complexity index is 520. The minimum atomic E-state index is -1.21. The molecule has 0 fully saturated rings. The molecule has 6 nitrogen and oxygen atoms in total. The van der Waals surface area contributed by atoms with Crippen molar-refractivity contribution >= 4 is 17.9 Å². The summed E-state index contributed by atoms with van der Waals surface area (Å²) in [6.07, 6.45) is 0.490. The highest BCUT2D eigenvalue weighted by Gasteiger charge is 2.18. The molecule has 0 aliphatic carbocycles. The zero-order valence-corrected chi connectivity index (χ0v) is 11.3. The van der Waals surface area contributed by atoms with E-state index < -0.39 is 11.9 Å². The number of hydrogen-bond acceptors (Lipinski definition) is 5. The van der Waals surface area contributed by atoms with Gasteiger partial charge in [0.2, 0.25) is 0 Å². The molecule has 0 radical (unpaired) electrons. The van der Waals surface area contributed by atoms with Crippen LogP contribution in [0.4, 0.5) is 0 Å². The van der Waals surface area contributed by atoms with Gasteiger partial charge >= 0.3 is 17.9 Å². The Morgan fingerprint density at radius 1 is 1.20 bits per heavy atom. The van der Waals surface area contributed by atoms with Gasteiger partial charge in [-0.25, -0.2) is 9.59 Å². The van der Waals surface area contributed by atoms with Gasteiger partial charge in [0.1, 0.15) is 0 Å². The summed E-state index contributed by atoms with van der Waals surface area (Å²) in [5, 5.41) is 9.13. The summed E-state index contributed by atoms with van der Waals surface area (Å²) >= 11 is 0. The molecule has 0 atom stereocenters. The number of benzene rings is 1. The molecule has 0 heterocycles. The molecule has 0 saturated heterocycles. The molecule has 6 heteroatoms. The normalized spacial score (nSPS) is 9.90. The second-order valence-electron chi connectivity index (χ2n) is 3.98. The number of rotatable bonds is 6. The fourth-order valence-electron chi connectivity index (χ4n) is 1.66. The van der Waals surface area contributed by atoms with E-state index >= 15 is 0 Å². The van der Waals surface area contributed by atoms with Gasteiger partial charge in [0, 0.05) is 6.42 Å². The maximum atomic E-state index is 11.6. The summed E-state index contributed by atoms with van der Waals surface area (Å²) in [6.45, 7) is 1.81. The first kappa shape index (κ1) is 15.7. The van der Waals surface area contributed by atoms with Gasteiger partial charge in [0.15, 0.2) is 0 Å². The van der Waals surface area contributed by atoms with Crippen molar-refractivity contribution in [3.63, 3.8) is 0 Å². The van der Waals surface area contributed by atoms with E-state index in [1.165, 1.54) is 19.2 Å². The molecule has 0 unspecified atom stereocenters. The van der Waals surface area contributed by atoms with Crippen LogP contribution in [0.1, 0.15) is 39.6 Å². The number of esters is 2. The van der Waals surface area contributed by atoms with Crippen molar-refractivity contribution in [1.82, 2.24) is 0 Å². The predicted molar refractivity (Wildman–Crippen MR) is 69.7 cm³/mol. The number of carbonyl (C=O) groups excluding carboxylic acids is 2. The molecule has 0 saturated carbocycles. The van der Waals surface area contributed by atoms with Gasteiger partial charge in [-0.1, -0.05) is 6.07 Å². The van der Waals surface area contributed by atoms with Crippen LogP contribution >= 0.6 is 0 Å². The number of carboxylic acid groups (broad SMARTS) is 1. The monoisotopic (exact) mass is 280 g/mol. The average molecular weight is 280 g/mol. The molecule has 0 aliphatic heterocycles. The second kappa shape index (κ2) is 7.28. The van der Waals surface area contributed by atoms with E-state index in [-0.39, 0.29) is 30.1 Å². The zero-order chi connectivity index (χ0) is 15.1. The maximum Gasteiger partial charge on any atom is 0.338 e. The Balaban J connectivity index is 2.98. The largest absolute Gasteiger partial charge is 0.478 e. The number of aromatic carboxylic acids is 1. The first-order valence-electron chi connectivity index (χ1n) is 6.09. The fraction of sp³-hybridized carbons (Fsp3) is 0.357. The lowest BCUT2D eigenvalue weighted by atomic mass is 10.0. The van der Waals surface area contributed by atoms with Crippen molar-refractivity contribution in [1.29, 1.82) is 0 Å². The Hall–Kier alpha value is -2.37. The summed E-state index contributed by atoms with van der Waals surface area (Å²) < 4.78 is 9.31. The van der Waals surface area contributed by atoms with Gasteiger partial charge in [-0.15, -0.1) is 0 Å². The van der Waals surface area contributed by atoms with E-state index in [9.17, 15) is 14.4 Å². The minimum absolute atomic E-state index is 0.00108. The van der Waals surface area contributed by atoms with Gasteiger partial charge in [0.05, 0.1) is 24.8 Å². The lowest BCUT2D eigenvalue weighted by Crippen LogP contribution is -2.12. The highest BCUT2D eigenvalue weighted by molar-refractivity contribution is 6.02. The van der Waals surface area contributed by atoms with Crippen molar-refractivity contribution < 1.29 is 29.0 Å². The number of ether oxygens (including phenoxy) is 2. The molecule has 0 spiro atoms. The average Bonchev–Trinajstić information content (AvgIpc) is 2.44. The molecule has 0 aliphatic rings. The smallest absolute Gasteiger partial charge is 0.338 e. The van der Waals surface area contributed by atoms with Crippen LogP contribution in [0.2, 0.25) is 0 Å². The standard InChI is InChI=1S/C14H16O6/c1-3-20-14(18)10-6-4-9(5-7-12(15)19-2)8-11(10)13(16)17/h4,6,8H,3,5,7H2,1-2H3,(H,16,17). The molecule has 1 N–H and O–H groups in total. The van der Waals surface area contributed by atoms with E-state index in [1.54, 1.807) is 13.0 Å². The van der Waals surface area contributed by atoms with Crippen LogP contribution in [0.25, 0.3) is 0 Å². The third kappa shape index (κ3) is 4.08. The van der Waals surface area contributed by atoms with Crippen molar-refractivity contribution in [2.24, 2.45) is 0 Å². The van der Waals surface area contributed by atoms with Gasteiger partial charge < -0.3 is 14.6 Å². The van der Waals surface area contributed by atoms with Gasteiger partial charge in [-0.3, -0.25) is 4.79 Å². The van der Waals surface area contributed by atoms with Gasteiger partial charge in [0.25, 0.3) is 0 Å². The molecule has 0 amide bonds. The molecule has 1 rings (SSSR count). The molecular formula is C14H16O6. The Morgan fingerprint density at radius 2 is 1.90 bits per heavy atom. The van der Waals surface area contributed by atoms with Gasteiger partial charge in [-0.2, -0.15) is 0 Å². The summed E-state index contributed by atoms with van der Waals surface area (Å²) in [4.78, 5) is 33.9. The van der Waals surface area contributed by atoms with Crippen molar-refractivity contribution in [3.05, 3.63) is 34.9 Å². The third-order valence-corrected chi connectivity index (χ3v) is 2.66. The van der Waals surface area contributed by atoms with E-state index in [4.69, 9.17) is 9.84 Å². The van der Waals surface area contributed by atoms with Crippen LogP contribution in [-0.4, -0.2) is 36.7 Å². The molecule has 0 aromatic heterocycles. The molecule has 108 valence electrons. The van der Waals surface area contributed by atoms with Crippen LogP contribution in [0.5, 0.6) is 0 Å². The van der Waals surface area contributed by atoms with Gasteiger partial charge in [-0.05, 0) is 31.0 Å². The molecule has 0 bridgehead atoms. The van der Waals surface area contributed by atoms with Crippen molar-refractivity contribution in [2.75, 3.05) is 13.7 Å². The first-order chi connectivity index (χ1) is 9.49. The van der Waals surface area contributed by atoms with Crippen LogP contribution in [0.3, 0.4) is 0 Å². The summed E-state index contributed by atoms with van der Waals surface area (Å²) in [5.41, 5.74) is 0.507. The lowest BCUT2D eigenvalue weighted by molar-refractivity contribution is -0.140. The Morgan fingerprint density at radius 3 is 2.45 bits per heavy atom. The predicted octanol–water partition coefficient (Wildman–Crippen LogP) is 1.67. The summed E-state index contributed by atoms with van der Waals surface area (Å²) in [7, 11) is 1.29. The molecular weight excluding hydrogens is 264 g/mol. The zero-order valence-electron chi connectivity index (χ0n) is 11.3. The number of methoxy groups -OCH3 is 1. The quantitative estimate of drug-likeness (QED) is 0.797. The Kier molecular flexibility index (Phi) is 5.71. The number of hydrogen-bond donors (Lipinski definition) is 1. The summed E-state index contributed by atoms with van der Waals surface area (Å²) in [6, 6.07) is 4.37. The number of carboxylic acids is 1. The van der Waals surface area contributed by atoms with E-state index in [1.807, 2.05) is 0 Å². The minimum Gasteiger partial charge on any atom is -0.478 e. The van der Waals surface area contributed by atoms with Crippen LogP contribution in [0.15, 0.2) is 18.2 Å². The molecule has 1 aromatic carbocycles. The molecule has 1 aromatic rings. The highest BCUT2D eigenvalue weighted by atomic mass is 16.5. The van der Waals surface area contributed by atoms with Crippen LogP contribution in [-0.2, 0) is 20.7 Å². The molecule has 20 heavy (non-hydrogen) atoms. The van der Waals surface area contributed by atoms with Crippen LogP contribution < -0.4 is 0 Å².